The second kappa shape index (κ2) is 7.14. The molecule has 2 unspecified atom stereocenters. The Morgan fingerprint density at radius 2 is 1.88 bits per heavy atom. The molecule has 0 spiro atoms. The van der Waals surface area contributed by atoms with Gasteiger partial charge in [0, 0.05) is 20.2 Å². The highest BCUT2D eigenvalue weighted by atomic mass is 16.5. The number of methoxy groups -OCH3 is 1. The van der Waals surface area contributed by atoms with Crippen LogP contribution in [0.3, 0.4) is 0 Å². The first kappa shape index (κ1) is 17.9. The van der Waals surface area contributed by atoms with E-state index in [1.807, 2.05) is 19.2 Å². The number of nitrogens with one attached hydrogen (secondary N) is 1. The maximum absolute atomic E-state index is 12.9. The van der Waals surface area contributed by atoms with Crippen LogP contribution in [0.2, 0.25) is 0 Å². The highest BCUT2D eigenvalue weighted by molar-refractivity contribution is 5.88. The van der Waals surface area contributed by atoms with Gasteiger partial charge in [-0.1, -0.05) is 42.5 Å². The van der Waals surface area contributed by atoms with Gasteiger partial charge in [0.2, 0.25) is 5.91 Å². The van der Waals surface area contributed by atoms with Crippen LogP contribution in [0.1, 0.15) is 25.8 Å². The summed E-state index contributed by atoms with van der Waals surface area (Å²) in [5.74, 6) is 0.0597. The largest absolute Gasteiger partial charge is 0.380 e. The van der Waals surface area contributed by atoms with Gasteiger partial charge in [-0.3, -0.25) is 4.79 Å². The zero-order valence-electron chi connectivity index (χ0n) is 15.6. The number of likely N-dealkylation sites (N-methyl/N-ethyl adjacent to an activating group) is 1. The average Bonchev–Trinajstić information content (AvgIpc) is 2.60. The van der Waals surface area contributed by atoms with Gasteiger partial charge in [-0.15, -0.1) is 0 Å². The van der Waals surface area contributed by atoms with E-state index in [0.29, 0.717) is 0 Å². The van der Waals surface area contributed by atoms with Crippen molar-refractivity contribution in [3.63, 3.8) is 0 Å². The van der Waals surface area contributed by atoms with E-state index in [-0.39, 0.29) is 17.9 Å². The van der Waals surface area contributed by atoms with Crippen LogP contribution in [0, 0.1) is 5.92 Å². The van der Waals surface area contributed by atoms with Crippen LogP contribution in [0.5, 0.6) is 0 Å². The number of carbonyl (C=O) groups excluding carboxylic acids is 1. The molecule has 1 fully saturated rings. The highest BCUT2D eigenvalue weighted by Gasteiger charge is 2.33. The molecule has 3 rings (SSSR count). The SMILES string of the molecule is COC1CC(C(=O)NC(C)(C)c2cccc3ccccc23)CN(C)C1. The molecule has 1 saturated heterocycles. The fourth-order valence-electron chi connectivity index (χ4n) is 3.87. The molecule has 4 heteroatoms. The van der Waals surface area contributed by atoms with Crippen molar-refractivity contribution in [3.05, 3.63) is 48.0 Å². The number of carbonyl (C=O) groups is 1. The van der Waals surface area contributed by atoms with E-state index in [2.05, 4.69) is 54.4 Å². The Kier molecular flexibility index (Phi) is 5.11. The number of hydrogen-bond donors (Lipinski definition) is 1. The number of amides is 1. The summed E-state index contributed by atoms with van der Waals surface area (Å²) in [5.41, 5.74) is 0.711. The predicted octanol–water partition coefficient (Wildman–Crippen LogP) is 3.16. The molecule has 1 aliphatic rings. The van der Waals surface area contributed by atoms with E-state index < -0.39 is 5.54 Å². The molecular formula is C21H28N2O2. The van der Waals surface area contributed by atoms with Gasteiger partial charge in [0.15, 0.2) is 0 Å². The first-order valence-corrected chi connectivity index (χ1v) is 8.92. The van der Waals surface area contributed by atoms with Crippen molar-refractivity contribution in [3.8, 4) is 0 Å². The normalized spacial score (nSPS) is 22.1. The zero-order valence-corrected chi connectivity index (χ0v) is 15.6. The van der Waals surface area contributed by atoms with E-state index in [9.17, 15) is 4.79 Å². The molecule has 2 aromatic carbocycles. The minimum atomic E-state index is -0.434. The maximum atomic E-state index is 12.9. The molecule has 1 N–H and O–H groups in total. The predicted molar refractivity (Wildman–Crippen MR) is 102 cm³/mol. The second-order valence-electron chi connectivity index (χ2n) is 7.65. The lowest BCUT2D eigenvalue weighted by molar-refractivity contribution is -0.130. The molecule has 134 valence electrons. The summed E-state index contributed by atoms with van der Waals surface area (Å²) in [6.07, 6.45) is 0.897. The zero-order chi connectivity index (χ0) is 18.0. The van der Waals surface area contributed by atoms with Crippen molar-refractivity contribution in [2.75, 3.05) is 27.2 Å². The van der Waals surface area contributed by atoms with E-state index in [1.54, 1.807) is 7.11 Å². The van der Waals surface area contributed by atoms with Crippen LogP contribution < -0.4 is 5.32 Å². The molecule has 0 aromatic heterocycles. The minimum absolute atomic E-state index is 0.0436. The lowest BCUT2D eigenvalue weighted by Crippen LogP contribution is -2.51. The Morgan fingerprint density at radius 3 is 2.64 bits per heavy atom. The Hall–Kier alpha value is -1.91. The summed E-state index contributed by atoms with van der Waals surface area (Å²) in [7, 11) is 3.76. The van der Waals surface area contributed by atoms with Crippen molar-refractivity contribution < 1.29 is 9.53 Å². The number of fused-ring (bicyclic) bond motifs is 1. The van der Waals surface area contributed by atoms with Gasteiger partial charge < -0.3 is 15.0 Å². The molecule has 2 aromatic rings. The standard InChI is InChI=1S/C21H28N2O2/c1-21(2,19-11-7-9-15-8-5-6-10-18(15)19)22-20(24)16-12-17(25-4)14-23(3)13-16/h5-11,16-17H,12-14H2,1-4H3,(H,22,24). The van der Waals surface area contributed by atoms with E-state index >= 15 is 0 Å². The molecule has 2 atom stereocenters. The Morgan fingerprint density at radius 1 is 1.16 bits per heavy atom. The van der Waals surface area contributed by atoms with Gasteiger partial charge in [0.05, 0.1) is 17.6 Å². The van der Waals surface area contributed by atoms with Gasteiger partial charge in [-0.05, 0) is 43.7 Å². The third kappa shape index (κ3) is 3.86. The molecule has 1 heterocycles. The number of benzene rings is 2. The molecule has 1 amide bonds. The maximum Gasteiger partial charge on any atom is 0.225 e. The summed E-state index contributed by atoms with van der Waals surface area (Å²) < 4.78 is 5.49. The fraction of sp³-hybridized carbons (Fsp3) is 0.476. The molecule has 0 aliphatic carbocycles. The van der Waals surface area contributed by atoms with E-state index in [0.717, 1.165) is 25.1 Å². The van der Waals surface area contributed by atoms with Crippen LogP contribution in [0.25, 0.3) is 10.8 Å². The molecule has 1 aliphatic heterocycles. The number of piperidine rings is 1. The van der Waals surface area contributed by atoms with Crippen molar-refractivity contribution in [2.45, 2.75) is 31.9 Å². The quantitative estimate of drug-likeness (QED) is 0.929. The van der Waals surface area contributed by atoms with Crippen LogP contribution in [0.15, 0.2) is 42.5 Å². The number of ether oxygens (including phenoxy) is 1. The van der Waals surface area contributed by atoms with E-state index in [4.69, 9.17) is 4.74 Å². The summed E-state index contributed by atoms with van der Waals surface area (Å²) in [4.78, 5) is 15.1. The van der Waals surface area contributed by atoms with Crippen molar-refractivity contribution in [1.29, 1.82) is 0 Å². The molecule has 4 nitrogen and oxygen atoms in total. The topological polar surface area (TPSA) is 41.6 Å². The van der Waals surface area contributed by atoms with Crippen molar-refractivity contribution in [1.82, 2.24) is 10.2 Å². The Labute approximate surface area is 150 Å². The first-order valence-electron chi connectivity index (χ1n) is 8.92. The van der Waals surface area contributed by atoms with Gasteiger partial charge in [-0.2, -0.15) is 0 Å². The third-order valence-electron chi connectivity index (χ3n) is 5.20. The number of hydrogen-bond acceptors (Lipinski definition) is 3. The lowest BCUT2D eigenvalue weighted by atomic mass is 9.88. The van der Waals surface area contributed by atoms with Gasteiger partial charge >= 0.3 is 0 Å². The molecule has 25 heavy (non-hydrogen) atoms. The van der Waals surface area contributed by atoms with Crippen molar-refractivity contribution in [2.24, 2.45) is 5.92 Å². The second-order valence-corrected chi connectivity index (χ2v) is 7.65. The first-order chi connectivity index (χ1) is 11.9. The summed E-state index contributed by atoms with van der Waals surface area (Å²) >= 11 is 0. The molecule has 0 radical (unpaired) electrons. The van der Waals surface area contributed by atoms with E-state index in [1.165, 1.54) is 10.8 Å². The molecule has 0 bridgehead atoms. The summed E-state index contributed by atoms with van der Waals surface area (Å²) in [6, 6.07) is 14.6. The monoisotopic (exact) mass is 340 g/mol. The Bertz CT molecular complexity index is 751. The highest BCUT2D eigenvalue weighted by Crippen LogP contribution is 2.29. The van der Waals surface area contributed by atoms with Gasteiger partial charge in [-0.25, -0.2) is 0 Å². The molecule has 0 saturated carbocycles. The lowest BCUT2D eigenvalue weighted by Gasteiger charge is -2.36. The third-order valence-corrected chi connectivity index (χ3v) is 5.20. The van der Waals surface area contributed by atoms with Gasteiger partial charge in [0.1, 0.15) is 0 Å². The molecular weight excluding hydrogens is 312 g/mol. The minimum Gasteiger partial charge on any atom is -0.380 e. The van der Waals surface area contributed by atoms with Gasteiger partial charge in [0.25, 0.3) is 0 Å². The summed E-state index contributed by atoms with van der Waals surface area (Å²) in [5, 5.41) is 5.66. The van der Waals surface area contributed by atoms with Crippen LogP contribution in [-0.4, -0.2) is 44.2 Å². The average molecular weight is 340 g/mol. The van der Waals surface area contributed by atoms with Crippen LogP contribution >= 0.6 is 0 Å². The van der Waals surface area contributed by atoms with Crippen LogP contribution in [-0.2, 0) is 15.1 Å². The summed E-state index contributed by atoms with van der Waals surface area (Å²) in [6.45, 7) is 5.81. The smallest absolute Gasteiger partial charge is 0.225 e. The van der Waals surface area contributed by atoms with Crippen LogP contribution in [0.4, 0.5) is 0 Å². The fourth-order valence-corrected chi connectivity index (χ4v) is 3.87. The Balaban J connectivity index is 1.81. The number of nitrogens with zero attached hydrogens (tertiary/aromatic N) is 1. The number of likely N-dealkylation sites (tertiary alicyclic amines) is 1. The number of rotatable bonds is 4. The van der Waals surface area contributed by atoms with Crippen molar-refractivity contribution >= 4 is 16.7 Å².